The van der Waals surface area contributed by atoms with Crippen LogP contribution in [0.3, 0.4) is 0 Å². The highest BCUT2D eigenvalue weighted by atomic mass is 32.1. The third-order valence-corrected chi connectivity index (χ3v) is 15.8. The largest absolute Gasteiger partial charge is 0.310 e. The minimum Gasteiger partial charge on any atom is -0.310 e. The maximum absolute atomic E-state index is 2.36. The summed E-state index contributed by atoms with van der Waals surface area (Å²) >= 11 is 1.84. The van der Waals surface area contributed by atoms with Gasteiger partial charge in [0.05, 0.1) is 11.4 Å². The van der Waals surface area contributed by atoms with E-state index in [-0.39, 0.29) is 5.92 Å². The number of hydrogen-bond acceptors (Lipinski definition) is 3. The van der Waals surface area contributed by atoms with Crippen LogP contribution in [0.5, 0.6) is 0 Å². The summed E-state index contributed by atoms with van der Waals surface area (Å²) in [6.07, 6.45) is 0. The topological polar surface area (TPSA) is 6.48 Å². The number of anilines is 6. The quantitative estimate of drug-likeness (QED) is 0.106. The smallest absolute Gasteiger partial charge is 0.0540 e. The maximum atomic E-state index is 2.36. The van der Waals surface area contributed by atoms with Crippen molar-refractivity contribution in [3.05, 3.63) is 326 Å². The van der Waals surface area contributed by atoms with Crippen LogP contribution in [0, 0.1) is 0 Å². The summed E-state index contributed by atoms with van der Waals surface area (Å²) in [5, 5.41) is 4.87. The minimum absolute atomic E-state index is 0.0189. The normalized spacial score (nSPS) is 11.3. The molecule has 0 saturated carbocycles. The van der Waals surface area contributed by atoms with Gasteiger partial charge in [-0.1, -0.05) is 237 Å². The minimum atomic E-state index is 0.0189. The van der Waals surface area contributed by atoms with Crippen molar-refractivity contribution in [2.24, 2.45) is 0 Å². The summed E-state index contributed by atoms with van der Waals surface area (Å²) in [6.45, 7) is 0. The lowest BCUT2D eigenvalue weighted by Gasteiger charge is -2.27. The Morgan fingerprint density at radius 2 is 0.526 bits per heavy atom. The molecule has 0 bridgehead atoms. The Bertz CT molecular complexity index is 3840. The van der Waals surface area contributed by atoms with Gasteiger partial charge in [-0.05, 0) is 134 Å². The average molecular weight is 989 g/mol. The second-order valence-corrected chi connectivity index (χ2v) is 20.3. The summed E-state index contributed by atoms with van der Waals surface area (Å²) in [4.78, 5) is 7.26. The first-order valence-corrected chi connectivity index (χ1v) is 26.8. The van der Waals surface area contributed by atoms with E-state index < -0.39 is 0 Å². The number of hydrogen-bond donors (Lipinski definition) is 0. The Kier molecular flexibility index (Phi) is 12.6. The lowest BCUT2D eigenvalue weighted by atomic mass is 9.83. The molecular weight excluding hydrogens is 937 g/mol. The van der Waals surface area contributed by atoms with Gasteiger partial charge in [0, 0.05) is 49.2 Å². The number of nitrogens with zero attached hydrogens (tertiary/aromatic N) is 2. The van der Waals surface area contributed by atoms with Crippen molar-refractivity contribution < 1.29 is 0 Å². The fourth-order valence-corrected chi connectivity index (χ4v) is 11.8. The Balaban J connectivity index is 0.818. The van der Waals surface area contributed by atoms with Gasteiger partial charge in [0.1, 0.15) is 0 Å². The van der Waals surface area contributed by atoms with Crippen LogP contribution >= 0.6 is 11.3 Å². The van der Waals surface area contributed by atoms with E-state index in [2.05, 4.69) is 319 Å². The first-order chi connectivity index (χ1) is 37.7. The standard InChI is InChI=1S/C73H52N2S/c1-4-18-58(19-5-1)71-50-51-72(76-71)59-34-40-62(41-35-59)73(60-36-30-52(31-37-60)54-42-46-65(47-43-54)74(63-22-6-2-7-23-63)69-28-14-20-56-16-10-12-26-67(56)69)61-38-32-53(33-39-61)55-44-48-66(49-45-55)75(64-24-8-3-9-25-64)70-29-15-21-57-17-11-13-27-68(57)70/h1-51,73H. The summed E-state index contributed by atoms with van der Waals surface area (Å²) in [6, 6.07) is 112. The predicted octanol–water partition coefficient (Wildman–Crippen LogP) is 20.8. The van der Waals surface area contributed by atoms with Crippen molar-refractivity contribution in [2.75, 3.05) is 9.80 Å². The zero-order chi connectivity index (χ0) is 50.6. The summed E-state index contributed by atoms with van der Waals surface area (Å²) in [5.74, 6) is 0.0189. The van der Waals surface area contributed by atoms with Crippen molar-refractivity contribution in [3.8, 4) is 43.1 Å². The van der Waals surface area contributed by atoms with Gasteiger partial charge in [0.15, 0.2) is 0 Å². The Hall–Kier alpha value is -9.54. The second-order valence-electron chi connectivity index (χ2n) is 19.3. The molecular formula is C73H52N2S. The van der Waals surface area contributed by atoms with Crippen LogP contribution in [0.15, 0.2) is 309 Å². The number of rotatable bonds is 13. The molecule has 360 valence electrons. The monoisotopic (exact) mass is 988 g/mol. The van der Waals surface area contributed by atoms with Gasteiger partial charge in [-0.15, -0.1) is 11.3 Å². The third kappa shape index (κ3) is 9.26. The molecule has 12 aromatic carbocycles. The predicted molar refractivity (Wildman–Crippen MR) is 324 cm³/mol. The first-order valence-electron chi connectivity index (χ1n) is 26.0. The molecule has 13 rings (SSSR count). The molecule has 0 unspecified atom stereocenters. The highest BCUT2D eigenvalue weighted by Crippen LogP contribution is 2.43. The first kappa shape index (κ1) is 46.3. The second kappa shape index (κ2) is 20.8. The van der Waals surface area contributed by atoms with Crippen LogP contribution in [0.4, 0.5) is 34.1 Å². The van der Waals surface area contributed by atoms with Crippen molar-refractivity contribution in [1.82, 2.24) is 0 Å². The highest BCUT2D eigenvalue weighted by molar-refractivity contribution is 7.18. The van der Waals surface area contributed by atoms with Gasteiger partial charge >= 0.3 is 0 Å². The molecule has 0 atom stereocenters. The summed E-state index contributed by atoms with van der Waals surface area (Å²) in [5.41, 5.74) is 17.7. The van der Waals surface area contributed by atoms with Crippen LogP contribution in [-0.2, 0) is 0 Å². The molecule has 0 N–H and O–H groups in total. The molecule has 0 radical (unpaired) electrons. The van der Waals surface area contributed by atoms with Crippen LogP contribution in [-0.4, -0.2) is 0 Å². The molecule has 1 heterocycles. The zero-order valence-electron chi connectivity index (χ0n) is 41.8. The van der Waals surface area contributed by atoms with E-state index in [1.807, 2.05) is 11.3 Å². The zero-order valence-corrected chi connectivity index (χ0v) is 42.6. The molecule has 3 heteroatoms. The van der Waals surface area contributed by atoms with E-state index in [9.17, 15) is 0 Å². The molecule has 13 aromatic rings. The van der Waals surface area contributed by atoms with Crippen molar-refractivity contribution in [3.63, 3.8) is 0 Å². The van der Waals surface area contributed by atoms with Gasteiger partial charge in [-0.25, -0.2) is 0 Å². The SMILES string of the molecule is c1ccc(-c2ccc(-c3ccc(C(c4ccc(-c5ccc(N(c6ccccc6)c6cccc7ccccc67)cc5)cc4)c4ccc(-c5ccc(N(c6ccccc6)c6cccc7ccccc67)cc5)cc4)cc3)s2)cc1. The number of fused-ring (bicyclic) bond motifs is 2. The molecule has 0 spiro atoms. The van der Waals surface area contributed by atoms with Crippen LogP contribution < -0.4 is 9.80 Å². The van der Waals surface area contributed by atoms with Crippen LogP contribution in [0.2, 0.25) is 0 Å². The van der Waals surface area contributed by atoms with E-state index in [1.54, 1.807) is 0 Å². The Morgan fingerprint density at radius 1 is 0.224 bits per heavy atom. The Labute approximate surface area is 449 Å². The van der Waals surface area contributed by atoms with Gasteiger partial charge in [-0.2, -0.15) is 0 Å². The van der Waals surface area contributed by atoms with Gasteiger partial charge in [-0.3, -0.25) is 0 Å². The van der Waals surface area contributed by atoms with E-state index >= 15 is 0 Å². The van der Waals surface area contributed by atoms with Crippen LogP contribution in [0.1, 0.15) is 22.6 Å². The number of para-hydroxylation sites is 2. The van der Waals surface area contributed by atoms with E-state index in [0.717, 1.165) is 34.1 Å². The van der Waals surface area contributed by atoms with Crippen molar-refractivity contribution >= 4 is 67.0 Å². The number of benzene rings is 12. The summed E-state index contributed by atoms with van der Waals surface area (Å²) < 4.78 is 0. The fourth-order valence-electron chi connectivity index (χ4n) is 10.8. The third-order valence-electron chi connectivity index (χ3n) is 14.6. The average Bonchev–Trinajstić information content (AvgIpc) is 4.01. The van der Waals surface area contributed by atoms with Gasteiger partial charge in [0.25, 0.3) is 0 Å². The van der Waals surface area contributed by atoms with Crippen molar-refractivity contribution in [1.29, 1.82) is 0 Å². The number of thiophene rings is 1. The molecule has 0 aliphatic rings. The lowest BCUT2D eigenvalue weighted by Crippen LogP contribution is -2.10. The van der Waals surface area contributed by atoms with Gasteiger partial charge in [0.2, 0.25) is 0 Å². The fraction of sp³-hybridized carbons (Fsp3) is 0.0137. The summed E-state index contributed by atoms with van der Waals surface area (Å²) in [7, 11) is 0. The van der Waals surface area contributed by atoms with E-state index in [1.165, 1.54) is 81.4 Å². The molecule has 0 aliphatic heterocycles. The molecule has 0 fully saturated rings. The molecule has 1 aromatic heterocycles. The van der Waals surface area contributed by atoms with Crippen LogP contribution in [0.25, 0.3) is 64.7 Å². The highest BCUT2D eigenvalue weighted by Gasteiger charge is 2.20. The lowest BCUT2D eigenvalue weighted by molar-refractivity contribution is 0.978. The van der Waals surface area contributed by atoms with E-state index in [0.29, 0.717) is 0 Å². The van der Waals surface area contributed by atoms with E-state index in [4.69, 9.17) is 0 Å². The molecule has 2 nitrogen and oxygen atoms in total. The molecule has 76 heavy (non-hydrogen) atoms. The molecule has 0 aliphatic carbocycles. The van der Waals surface area contributed by atoms with Gasteiger partial charge < -0.3 is 9.80 Å². The Morgan fingerprint density at radius 3 is 0.934 bits per heavy atom. The molecule has 0 amide bonds. The maximum Gasteiger partial charge on any atom is 0.0540 e. The molecule has 0 saturated heterocycles. The van der Waals surface area contributed by atoms with Crippen molar-refractivity contribution in [2.45, 2.75) is 5.92 Å².